The van der Waals surface area contributed by atoms with E-state index in [1.165, 1.54) is 18.3 Å². The van der Waals surface area contributed by atoms with Gasteiger partial charge in [0.25, 0.3) is 0 Å². The van der Waals surface area contributed by atoms with E-state index in [1.807, 2.05) is 0 Å². The zero-order valence-corrected chi connectivity index (χ0v) is 10.4. The quantitative estimate of drug-likeness (QED) is 0.921. The molecule has 2 rings (SSSR count). The second-order valence-corrected chi connectivity index (χ2v) is 4.34. The molecule has 1 amide bonds. The highest BCUT2D eigenvalue weighted by Crippen LogP contribution is 2.19. The first-order chi connectivity index (χ1) is 9.44. The van der Waals surface area contributed by atoms with Crippen molar-refractivity contribution < 1.29 is 27.4 Å². The average Bonchev–Trinajstić information content (AvgIpc) is 2.91. The predicted octanol–water partition coefficient (Wildman–Crippen LogP) is 2.00. The van der Waals surface area contributed by atoms with Crippen molar-refractivity contribution in [3.05, 3.63) is 18.3 Å². The first-order valence-corrected chi connectivity index (χ1v) is 5.98. The molecule has 20 heavy (non-hydrogen) atoms. The maximum atomic E-state index is 11.9. The van der Waals surface area contributed by atoms with Gasteiger partial charge in [0.2, 0.25) is 11.8 Å². The van der Waals surface area contributed by atoms with Crippen LogP contribution in [-0.2, 0) is 9.53 Å². The number of nitrogens with one attached hydrogen (secondary N) is 1. The van der Waals surface area contributed by atoms with Gasteiger partial charge in [-0.25, -0.2) is 4.98 Å². The summed E-state index contributed by atoms with van der Waals surface area (Å²) >= 11 is 0. The van der Waals surface area contributed by atoms with Gasteiger partial charge in [0.05, 0.1) is 24.4 Å². The molecule has 5 nitrogen and oxygen atoms in total. The van der Waals surface area contributed by atoms with E-state index in [2.05, 4.69) is 15.0 Å². The van der Waals surface area contributed by atoms with E-state index in [0.717, 1.165) is 0 Å². The first-order valence-electron chi connectivity index (χ1n) is 5.98. The molecule has 0 aromatic carbocycles. The Labute approximate surface area is 113 Å². The summed E-state index contributed by atoms with van der Waals surface area (Å²) in [4.78, 5) is 15.5. The second kappa shape index (κ2) is 6.08. The molecule has 1 aliphatic rings. The van der Waals surface area contributed by atoms with Crippen LogP contribution in [-0.4, -0.2) is 36.9 Å². The lowest BCUT2D eigenvalue weighted by molar-refractivity contribution is -0.154. The third-order valence-electron chi connectivity index (χ3n) is 2.69. The minimum atomic E-state index is -4.41. The summed E-state index contributed by atoms with van der Waals surface area (Å²) < 4.78 is 45.4. The molecule has 1 fully saturated rings. The number of carbonyl (C=O) groups is 1. The summed E-state index contributed by atoms with van der Waals surface area (Å²) in [6, 6.07) is 2.71. The third kappa shape index (κ3) is 4.37. The fraction of sp³-hybridized carbons (Fsp3) is 0.500. The van der Waals surface area contributed by atoms with Crippen LogP contribution in [0.1, 0.15) is 6.42 Å². The van der Waals surface area contributed by atoms with E-state index in [1.54, 1.807) is 0 Å². The third-order valence-corrected chi connectivity index (χ3v) is 2.69. The maximum Gasteiger partial charge on any atom is 0.422 e. The number of carbonyl (C=O) groups excluding carboxylic acids is 1. The van der Waals surface area contributed by atoms with Gasteiger partial charge in [-0.05, 0) is 12.5 Å². The van der Waals surface area contributed by atoms with Crippen LogP contribution >= 0.6 is 0 Å². The summed E-state index contributed by atoms with van der Waals surface area (Å²) in [5.74, 6) is -0.533. The number of amides is 1. The molecule has 0 radical (unpaired) electrons. The largest absolute Gasteiger partial charge is 0.468 e. The Kier molecular flexibility index (Phi) is 4.43. The van der Waals surface area contributed by atoms with Crippen LogP contribution in [0.2, 0.25) is 0 Å². The summed E-state index contributed by atoms with van der Waals surface area (Å²) in [5.41, 5.74) is 0.404. The molecule has 1 aromatic heterocycles. The number of anilines is 1. The number of rotatable bonds is 4. The minimum absolute atomic E-state index is 0.149. The molecule has 0 saturated carbocycles. The Balaban J connectivity index is 1.86. The summed E-state index contributed by atoms with van der Waals surface area (Å²) in [6.45, 7) is -0.461. The lowest BCUT2D eigenvalue weighted by atomic mass is 10.1. The van der Waals surface area contributed by atoms with Crippen LogP contribution in [0.5, 0.6) is 5.88 Å². The van der Waals surface area contributed by atoms with Crippen LogP contribution < -0.4 is 10.1 Å². The van der Waals surface area contributed by atoms with Gasteiger partial charge in [-0.15, -0.1) is 0 Å². The standard InChI is InChI=1S/C12H13F3N2O3/c13-12(14,15)7-20-10-2-1-9(5-16-10)17-11(18)8-3-4-19-6-8/h1-2,5,8H,3-4,6-7H2,(H,17,18). The van der Waals surface area contributed by atoms with Crippen molar-refractivity contribution in [2.45, 2.75) is 12.6 Å². The highest BCUT2D eigenvalue weighted by atomic mass is 19.4. The molecule has 1 atom stereocenters. The highest BCUT2D eigenvalue weighted by Gasteiger charge is 2.28. The van der Waals surface area contributed by atoms with Crippen molar-refractivity contribution in [2.24, 2.45) is 5.92 Å². The van der Waals surface area contributed by atoms with Crippen molar-refractivity contribution in [1.82, 2.24) is 4.98 Å². The van der Waals surface area contributed by atoms with Crippen LogP contribution in [0.15, 0.2) is 18.3 Å². The van der Waals surface area contributed by atoms with E-state index in [9.17, 15) is 18.0 Å². The molecule has 1 N–H and O–H groups in total. The normalized spacial score (nSPS) is 18.9. The lowest BCUT2D eigenvalue weighted by Gasteiger charge is -2.10. The Morgan fingerprint density at radius 2 is 2.30 bits per heavy atom. The fourth-order valence-corrected chi connectivity index (χ4v) is 1.68. The number of aromatic nitrogens is 1. The minimum Gasteiger partial charge on any atom is -0.468 e. The van der Waals surface area contributed by atoms with Gasteiger partial charge in [0.15, 0.2) is 6.61 Å². The zero-order chi connectivity index (χ0) is 14.6. The predicted molar refractivity (Wildman–Crippen MR) is 63.3 cm³/mol. The molecule has 1 aromatic rings. The van der Waals surface area contributed by atoms with Gasteiger partial charge >= 0.3 is 6.18 Å². The molecule has 0 aliphatic carbocycles. The molecular weight excluding hydrogens is 277 g/mol. The Morgan fingerprint density at radius 1 is 1.50 bits per heavy atom. The van der Waals surface area contributed by atoms with E-state index in [-0.39, 0.29) is 17.7 Å². The molecular formula is C12H13F3N2O3. The van der Waals surface area contributed by atoms with Crippen molar-refractivity contribution in [3.63, 3.8) is 0 Å². The van der Waals surface area contributed by atoms with E-state index in [0.29, 0.717) is 25.3 Å². The van der Waals surface area contributed by atoms with Gasteiger partial charge in [0.1, 0.15) is 0 Å². The molecule has 1 unspecified atom stereocenters. The Morgan fingerprint density at radius 3 is 2.85 bits per heavy atom. The maximum absolute atomic E-state index is 11.9. The topological polar surface area (TPSA) is 60.5 Å². The van der Waals surface area contributed by atoms with Crippen LogP contribution in [0, 0.1) is 5.92 Å². The molecule has 0 spiro atoms. The number of alkyl halides is 3. The van der Waals surface area contributed by atoms with Crippen LogP contribution in [0.4, 0.5) is 18.9 Å². The summed E-state index contributed by atoms with van der Waals surface area (Å²) in [7, 11) is 0. The molecule has 1 saturated heterocycles. The SMILES string of the molecule is O=C(Nc1ccc(OCC(F)(F)F)nc1)C1CCOC1. The Hall–Kier alpha value is -1.83. The average molecular weight is 290 g/mol. The van der Waals surface area contributed by atoms with E-state index in [4.69, 9.17) is 4.74 Å². The molecule has 0 bridgehead atoms. The number of nitrogens with zero attached hydrogens (tertiary/aromatic N) is 1. The van der Waals surface area contributed by atoms with E-state index < -0.39 is 12.8 Å². The number of ether oxygens (including phenoxy) is 2. The fourth-order valence-electron chi connectivity index (χ4n) is 1.68. The molecule has 110 valence electrons. The van der Waals surface area contributed by atoms with Crippen molar-refractivity contribution in [1.29, 1.82) is 0 Å². The Bertz CT molecular complexity index is 456. The number of hydrogen-bond donors (Lipinski definition) is 1. The number of pyridine rings is 1. The van der Waals surface area contributed by atoms with Crippen molar-refractivity contribution in [3.8, 4) is 5.88 Å². The van der Waals surface area contributed by atoms with Gasteiger partial charge in [-0.3, -0.25) is 4.79 Å². The van der Waals surface area contributed by atoms with E-state index >= 15 is 0 Å². The first kappa shape index (κ1) is 14.6. The van der Waals surface area contributed by atoms with Gasteiger partial charge in [-0.1, -0.05) is 0 Å². The van der Waals surface area contributed by atoms with Crippen LogP contribution in [0.25, 0.3) is 0 Å². The number of halogens is 3. The molecule has 8 heteroatoms. The second-order valence-electron chi connectivity index (χ2n) is 4.34. The smallest absolute Gasteiger partial charge is 0.422 e. The molecule has 2 heterocycles. The summed E-state index contributed by atoms with van der Waals surface area (Å²) in [5, 5.41) is 2.62. The number of hydrogen-bond acceptors (Lipinski definition) is 4. The van der Waals surface area contributed by atoms with Gasteiger partial charge < -0.3 is 14.8 Å². The van der Waals surface area contributed by atoms with Gasteiger partial charge in [-0.2, -0.15) is 13.2 Å². The molecule has 1 aliphatic heterocycles. The monoisotopic (exact) mass is 290 g/mol. The summed E-state index contributed by atoms with van der Waals surface area (Å²) in [6.07, 6.45) is -2.50. The zero-order valence-electron chi connectivity index (χ0n) is 10.4. The van der Waals surface area contributed by atoms with Crippen molar-refractivity contribution >= 4 is 11.6 Å². The lowest BCUT2D eigenvalue weighted by Crippen LogP contribution is -2.23. The van der Waals surface area contributed by atoms with Crippen molar-refractivity contribution in [2.75, 3.05) is 25.1 Å². The highest BCUT2D eigenvalue weighted by molar-refractivity contribution is 5.92. The van der Waals surface area contributed by atoms with Gasteiger partial charge in [0, 0.05) is 12.7 Å². The van der Waals surface area contributed by atoms with Crippen LogP contribution in [0.3, 0.4) is 0 Å².